The van der Waals surface area contributed by atoms with Gasteiger partial charge in [-0.15, -0.1) is 0 Å². The number of amides is 1. The first-order valence-electron chi connectivity index (χ1n) is 8.26. The zero-order valence-corrected chi connectivity index (χ0v) is 15.8. The van der Waals surface area contributed by atoms with E-state index in [0.717, 1.165) is 12.1 Å². The molecule has 27 heavy (non-hydrogen) atoms. The fourth-order valence-electron chi connectivity index (χ4n) is 2.88. The normalized spacial score (nSPS) is 18.2. The molecule has 1 unspecified atom stereocenters. The molecule has 1 aliphatic heterocycles. The quantitative estimate of drug-likeness (QED) is 0.839. The second-order valence-corrected chi connectivity index (χ2v) is 8.38. The molecular formula is C18H19F2N3O3S. The Balaban J connectivity index is 2.03. The molecule has 1 aromatic carbocycles. The number of hydrogen-bond donors (Lipinski definition) is 2. The van der Waals surface area contributed by atoms with E-state index in [1.54, 1.807) is 12.2 Å². The number of halogens is 2. The van der Waals surface area contributed by atoms with Crippen LogP contribution in [0.15, 0.2) is 35.4 Å². The van der Waals surface area contributed by atoms with Crippen LogP contribution in [0.1, 0.15) is 29.9 Å². The molecule has 1 amide bonds. The number of nitrogens with one attached hydrogen (secondary N) is 2. The third-order valence-electron chi connectivity index (χ3n) is 4.35. The van der Waals surface area contributed by atoms with E-state index in [1.165, 1.54) is 23.9 Å². The summed E-state index contributed by atoms with van der Waals surface area (Å²) in [5.74, 6) is -2.73. The molecule has 2 aromatic rings. The molecule has 1 aliphatic rings. The van der Waals surface area contributed by atoms with Crippen molar-refractivity contribution in [2.75, 3.05) is 5.32 Å². The first kappa shape index (κ1) is 19.2. The van der Waals surface area contributed by atoms with Crippen LogP contribution < -0.4 is 10.0 Å². The summed E-state index contributed by atoms with van der Waals surface area (Å²) in [6.45, 7) is 3.76. The molecule has 0 aliphatic carbocycles. The molecule has 1 aromatic heterocycles. The first-order valence-corrected chi connectivity index (χ1v) is 9.74. The molecule has 0 saturated heterocycles. The number of aromatic nitrogens is 1. The summed E-state index contributed by atoms with van der Waals surface area (Å²) in [4.78, 5) is 12.7. The van der Waals surface area contributed by atoms with Gasteiger partial charge in [0, 0.05) is 36.6 Å². The molecule has 0 radical (unpaired) electrons. The van der Waals surface area contributed by atoms with Crippen LogP contribution in [0.4, 0.5) is 14.5 Å². The third kappa shape index (κ3) is 3.65. The Morgan fingerprint density at radius 2 is 1.96 bits per heavy atom. The highest BCUT2D eigenvalue weighted by Crippen LogP contribution is 2.28. The summed E-state index contributed by atoms with van der Waals surface area (Å²) < 4.78 is 55.7. The predicted octanol–water partition coefficient (Wildman–Crippen LogP) is 2.89. The molecule has 0 bridgehead atoms. The first-order chi connectivity index (χ1) is 12.6. The lowest BCUT2D eigenvalue weighted by Crippen LogP contribution is -2.36. The van der Waals surface area contributed by atoms with Crippen LogP contribution in [0.3, 0.4) is 0 Å². The van der Waals surface area contributed by atoms with Crippen molar-refractivity contribution in [1.82, 2.24) is 9.29 Å². The molecule has 3 rings (SSSR count). The highest BCUT2D eigenvalue weighted by molar-refractivity contribution is 7.89. The van der Waals surface area contributed by atoms with Crippen molar-refractivity contribution in [3.05, 3.63) is 53.4 Å². The summed E-state index contributed by atoms with van der Waals surface area (Å²) >= 11 is 0. The van der Waals surface area contributed by atoms with Gasteiger partial charge >= 0.3 is 0 Å². The molecule has 144 valence electrons. The monoisotopic (exact) mass is 395 g/mol. The van der Waals surface area contributed by atoms with Crippen LogP contribution in [0.2, 0.25) is 0 Å². The van der Waals surface area contributed by atoms with Crippen LogP contribution in [-0.4, -0.2) is 24.9 Å². The van der Waals surface area contributed by atoms with Crippen LogP contribution in [0, 0.1) is 17.6 Å². The molecule has 9 heteroatoms. The number of fused-ring (bicyclic) bond motifs is 1. The van der Waals surface area contributed by atoms with Crippen molar-refractivity contribution in [2.24, 2.45) is 13.0 Å². The van der Waals surface area contributed by atoms with E-state index in [4.69, 9.17) is 0 Å². The van der Waals surface area contributed by atoms with Crippen LogP contribution >= 0.6 is 0 Å². The number of sulfonamides is 1. The van der Waals surface area contributed by atoms with E-state index in [9.17, 15) is 22.0 Å². The van der Waals surface area contributed by atoms with E-state index in [1.807, 2.05) is 13.8 Å². The van der Waals surface area contributed by atoms with E-state index >= 15 is 0 Å². The molecule has 2 heterocycles. The van der Waals surface area contributed by atoms with Gasteiger partial charge in [-0.25, -0.2) is 21.9 Å². The van der Waals surface area contributed by atoms with Crippen LogP contribution in [0.25, 0.3) is 6.08 Å². The smallest absolute Gasteiger partial charge is 0.272 e. The number of anilines is 1. The Kier molecular flexibility index (Phi) is 4.92. The van der Waals surface area contributed by atoms with Gasteiger partial charge in [0.1, 0.15) is 10.6 Å². The summed E-state index contributed by atoms with van der Waals surface area (Å²) in [7, 11) is -2.28. The standard InChI is InChI=1S/C18H19F2N3O3S/c1-10(2)15-7-5-12-16(27(25,26)22-15)9-23(3)17(12)18(24)21-11-4-6-13(19)14(20)8-11/h4-10,15,22H,1-3H3,(H,21,24). The molecule has 0 spiro atoms. The zero-order valence-electron chi connectivity index (χ0n) is 15.0. The lowest BCUT2D eigenvalue weighted by molar-refractivity contribution is 0.101. The fraction of sp³-hybridized carbons (Fsp3) is 0.278. The van der Waals surface area contributed by atoms with E-state index < -0.39 is 33.6 Å². The van der Waals surface area contributed by atoms with Gasteiger partial charge in [-0.3, -0.25) is 4.79 Å². The second-order valence-electron chi connectivity index (χ2n) is 6.70. The lowest BCUT2D eigenvalue weighted by Gasteiger charge is -2.16. The van der Waals surface area contributed by atoms with Crippen LogP contribution in [-0.2, 0) is 17.1 Å². The summed E-state index contributed by atoms with van der Waals surface area (Å²) in [6, 6.07) is 2.58. The minimum atomic E-state index is -3.82. The Morgan fingerprint density at radius 1 is 1.26 bits per heavy atom. The molecule has 0 saturated carbocycles. The average Bonchev–Trinajstić information content (AvgIpc) is 2.85. The summed E-state index contributed by atoms with van der Waals surface area (Å²) in [5.41, 5.74) is 0.404. The van der Waals surface area contributed by atoms with Crippen molar-refractivity contribution in [2.45, 2.75) is 24.8 Å². The Morgan fingerprint density at radius 3 is 2.59 bits per heavy atom. The minimum Gasteiger partial charge on any atom is -0.345 e. The van der Waals surface area contributed by atoms with Gasteiger partial charge in [-0.1, -0.05) is 26.0 Å². The van der Waals surface area contributed by atoms with Crippen molar-refractivity contribution < 1.29 is 22.0 Å². The molecular weight excluding hydrogens is 376 g/mol. The molecule has 1 atom stereocenters. The minimum absolute atomic E-state index is 0.0140. The number of rotatable bonds is 3. The van der Waals surface area contributed by atoms with Gasteiger partial charge in [0.2, 0.25) is 10.0 Å². The van der Waals surface area contributed by atoms with E-state index in [0.29, 0.717) is 0 Å². The maximum atomic E-state index is 13.4. The van der Waals surface area contributed by atoms with Crippen molar-refractivity contribution >= 4 is 27.7 Å². The van der Waals surface area contributed by atoms with Crippen molar-refractivity contribution in [3.63, 3.8) is 0 Å². The van der Waals surface area contributed by atoms with Crippen LogP contribution in [0.5, 0.6) is 0 Å². The average molecular weight is 395 g/mol. The second kappa shape index (κ2) is 6.90. The summed E-state index contributed by atoms with van der Waals surface area (Å²) in [6.07, 6.45) is 4.64. The molecule has 6 nitrogen and oxygen atoms in total. The predicted molar refractivity (Wildman–Crippen MR) is 97.7 cm³/mol. The van der Waals surface area contributed by atoms with Gasteiger partial charge in [0.05, 0.1) is 0 Å². The van der Waals surface area contributed by atoms with Gasteiger partial charge < -0.3 is 9.88 Å². The maximum Gasteiger partial charge on any atom is 0.272 e. The van der Waals surface area contributed by atoms with Gasteiger partial charge in [0.15, 0.2) is 11.6 Å². The lowest BCUT2D eigenvalue weighted by atomic mass is 10.0. The fourth-order valence-corrected chi connectivity index (χ4v) is 4.47. The van der Waals surface area contributed by atoms with Crippen molar-refractivity contribution in [1.29, 1.82) is 0 Å². The van der Waals surface area contributed by atoms with Gasteiger partial charge in [0.25, 0.3) is 5.91 Å². The number of carbonyl (C=O) groups excluding carboxylic acids is 1. The number of carbonyl (C=O) groups is 1. The van der Waals surface area contributed by atoms with E-state index in [-0.39, 0.29) is 27.8 Å². The van der Waals surface area contributed by atoms with Gasteiger partial charge in [-0.05, 0) is 18.1 Å². The third-order valence-corrected chi connectivity index (χ3v) is 5.83. The Bertz CT molecular complexity index is 1040. The number of nitrogens with zero attached hydrogens (tertiary/aromatic N) is 1. The molecule has 2 N–H and O–H groups in total. The topological polar surface area (TPSA) is 80.2 Å². The molecule has 0 fully saturated rings. The van der Waals surface area contributed by atoms with Gasteiger partial charge in [-0.2, -0.15) is 0 Å². The zero-order chi connectivity index (χ0) is 19.9. The highest BCUT2D eigenvalue weighted by atomic mass is 32.2. The number of benzene rings is 1. The van der Waals surface area contributed by atoms with Crippen molar-refractivity contribution in [3.8, 4) is 0 Å². The maximum absolute atomic E-state index is 13.4. The Labute approximate surface area is 155 Å². The largest absolute Gasteiger partial charge is 0.345 e. The highest BCUT2D eigenvalue weighted by Gasteiger charge is 2.31. The summed E-state index contributed by atoms with van der Waals surface area (Å²) in [5, 5.41) is 2.47. The number of hydrogen-bond acceptors (Lipinski definition) is 3. The Hall–Kier alpha value is -2.52. The van der Waals surface area contributed by atoms with E-state index in [2.05, 4.69) is 10.0 Å². The SMILES string of the molecule is CC(C)C1C=Cc2c(cn(C)c2C(=O)Nc2ccc(F)c(F)c2)S(=O)(=O)N1. The number of aryl methyl sites for hydroxylation is 1.